The van der Waals surface area contributed by atoms with Crippen LogP contribution >= 0.6 is 0 Å². The number of carbonyl (C=O) groups excluding carboxylic acids is 3. The minimum Gasteiger partial charge on any atom is -0.469 e. The Kier molecular flexibility index (Phi) is 12.6. The fraction of sp³-hybridized carbons (Fsp3) is 0.383. The first-order chi connectivity index (χ1) is 27.5. The molecule has 1 aromatic carbocycles. The van der Waals surface area contributed by atoms with E-state index in [-0.39, 0.29) is 37.4 Å². The van der Waals surface area contributed by atoms with Gasteiger partial charge in [-0.1, -0.05) is 52.0 Å². The molecule has 0 fully saturated rings. The molecule has 1 aliphatic rings. The van der Waals surface area contributed by atoms with Gasteiger partial charge in [0.1, 0.15) is 6.61 Å². The molecule has 0 aliphatic carbocycles. The Morgan fingerprint density at radius 1 is 0.596 bits per heavy atom. The zero-order chi connectivity index (χ0) is 41.0. The normalized spacial score (nSPS) is 12.1. The van der Waals surface area contributed by atoms with Crippen LogP contribution in [0.15, 0.2) is 24.3 Å². The lowest BCUT2D eigenvalue weighted by atomic mass is 9.91. The zero-order valence-electron chi connectivity index (χ0n) is 34.9. The molecule has 0 unspecified atom stereocenters. The van der Waals surface area contributed by atoms with Crippen molar-refractivity contribution in [2.75, 3.05) is 14.2 Å². The largest absolute Gasteiger partial charge is 0.469 e. The van der Waals surface area contributed by atoms with Gasteiger partial charge in [-0.15, -0.1) is 0 Å². The monoisotopic (exact) mass is 772 g/mol. The van der Waals surface area contributed by atoms with Crippen molar-refractivity contribution >= 4 is 41.7 Å². The number of H-pyrrole nitrogens is 4. The van der Waals surface area contributed by atoms with Crippen molar-refractivity contribution in [1.29, 1.82) is 0 Å². The summed E-state index contributed by atoms with van der Waals surface area (Å²) in [5, 5.41) is 3.86. The van der Waals surface area contributed by atoms with Crippen molar-refractivity contribution in [2.45, 2.75) is 106 Å². The minimum atomic E-state index is -0.332. The molecule has 57 heavy (non-hydrogen) atoms. The number of nitrogens with one attached hydrogen (secondary N) is 4. The molecule has 10 nitrogen and oxygen atoms in total. The van der Waals surface area contributed by atoms with Crippen LogP contribution in [0.3, 0.4) is 0 Å². The van der Waals surface area contributed by atoms with Gasteiger partial charge in [0.2, 0.25) is 0 Å². The molecule has 10 heteroatoms. The molecule has 5 aromatic rings. The molecular weight excluding hydrogens is 717 g/mol. The van der Waals surface area contributed by atoms with Gasteiger partial charge in [-0.2, -0.15) is 0 Å². The van der Waals surface area contributed by atoms with E-state index < -0.39 is 0 Å². The third-order valence-corrected chi connectivity index (χ3v) is 11.5. The van der Waals surface area contributed by atoms with Crippen molar-refractivity contribution in [2.24, 2.45) is 0 Å². The van der Waals surface area contributed by atoms with E-state index in [4.69, 9.17) is 14.2 Å². The average Bonchev–Trinajstić information content (AvgIpc) is 3.91. The summed E-state index contributed by atoms with van der Waals surface area (Å²) in [6.07, 6.45) is 11.2. The molecular formula is C47H56N4O6. The van der Waals surface area contributed by atoms with Crippen molar-refractivity contribution in [3.63, 3.8) is 0 Å². The van der Waals surface area contributed by atoms with Crippen LogP contribution in [0.5, 0.6) is 0 Å². The fourth-order valence-corrected chi connectivity index (χ4v) is 8.55. The van der Waals surface area contributed by atoms with Crippen molar-refractivity contribution in [1.82, 2.24) is 19.9 Å². The number of hydrogen-bond acceptors (Lipinski definition) is 6. The molecule has 0 saturated carbocycles. The van der Waals surface area contributed by atoms with Crippen LogP contribution in [0.1, 0.15) is 126 Å². The van der Waals surface area contributed by atoms with Crippen LogP contribution in [-0.2, 0) is 73.7 Å². The number of aromatic nitrogens is 4. The second-order valence-corrected chi connectivity index (χ2v) is 14.7. The van der Waals surface area contributed by atoms with E-state index in [9.17, 15) is 14.4 Å². The zero-order valence-corrected chi connectivity index (χ0v) is 34.9. The maximum Gasteiger partial charge on any atom is 0.305 e. The highest BCUT2D eigenvalue weighted by Crippen LogP contribution is 2.32. The Morgan fingerprint density at radius 2 is 1.18 bits per heavy atom. The van der Waals surface area contributed by atoms with Gasteiger partial charge >= 0.3 is 17.9 Å². The van der Waals surface area contributed by atoms with Crippen LogP contribution in [0.25, 0.3) is 23.8 Å². The minimum absolute atomic E-state index is 0.146. The summed E-state index contributed by atoms with van der Waals surface area (Å²) in [5.41, 5.74) is 15.8. The number of esters is 3. The summed E-state index contributed by atoms with van der Waals surface area (Å²) in [4.78, 5) is 52.4. The topological polar surface area (TPSA) is 142 Å². The molecule has 4 aromatic heterocycles. The number of aromatic amines is 4. The lowest BCUT2D eigenvalue weighted by Crippen LogP contribution is -2.19. The predicted molar refractivity (Wildman–Crippen MR) is 224 cm³/mol. The van der Waals surface area contributed by atoms with Crippen molar-refractivity contribution in [3.05, 3.63) is 124 Å². The highest BCUT2D eigenvalue weighted by Gasteiger charge is 2.24. The number of rotatable bonds is 13. The van der Waals surface area contributed by atoms with Crippen molar-refractivity contribution < 1.29 is 28.6 Å². The molecule has 0 atom stereocenters. The van der Waals surface area contributed by atoms with Gasteiger partial charge in [0.05, 0.1) is 25.3 Å². The van der Waals surface area contributed by atoms with E-state index in [0.717, 1.165) is 109 Å². The van der Waals surface area contributed by atoms with Gasteiger partial charge < -0.3 is 34.1 Å². The summed E-state index contributed by atoms with van der Waals surface area (Å²) in [6, 6.07) is 8.18. The van der Waals surface area contributed by atoms with Crippen LogP contribution in [-0.4, -0.2) is 52.1 Å². The van der Waals surface area contributed by atoms with Gasteiger partial charge in [0, 0.05) is 58.5 Å². The molecule has 8 bridgehead atoms. The Hall–Kier alpha value is -5.77. The third-order valence-electron chi connectivity index (χ3n) is 11.5. The van der Waals surface area contributed by atoms with Crippen LogP contribution in [0, 0.1) is 13.8 Å². The highest BCUT2D eigenvalue weighted by atomic mass is 16.5. The maximum absolute atomic E-state index is 12.5. The molecule has 6 rings (SSSR count). The number of hydrogen-bond donors (Lipinski definition) is 4. The summed E-state index contributed by atoms with van der Waals surface area (Å²) in [5.74, 6) is -0.874. The smallest absolute Gasteiger partial charge is 0.305 e. The first kappa shape index (κ1) is 40.9. The molecule has 4 N–H and O–H groups in total. The Bertz CT molecular complexity index is 2590. The van der Waals surface area contributed by atoms with E-state index in [1.807, 2.05) is 18.2 Å². The summed E-state index contributed by atoms with van der Waals surface area (Å²) in [6.45, 7) is 14.6. The van der Waals surface area contributed by atoms with E-state index in [1.54, 1.807) is 0 Å². The molecule has 0 spiro atoms. The number of carbonyl (C=O) groups is 3. The first-order valence-corrected chi connectivity index (χ1v) is 20.1. The van der Waals surface area contributed by atoms with E-state index >= 15 is 0 Å². The number of fused-ring (bicyclic) bond motifs is 8. The molecule has 300 valence electrons. The fourth-order valence-electron chi connectivity index (χ4n) is 8.55. The van der Waals surface area contributed by atoms with Gasteiger partial charge in [0.15, 0.2) is 0 Å². The Morgan fingerprint density at radius 3 is 1.81 bits per heavy atom. The second kappa shape index (κ2) is 17.6. The number of ether oxygens (including phenoxy) is 3. The molecule has 0 amide bonds. The molecule has 0 radical (unpaired) electrons. The number of benzene rings is 1. The van der Waals surface area contributed by atoms with Crippen LogP contribution in [0.2, 0.25) is 0 Å². The lowest BCUT2D eigenvalue weighted by molar-refractivity contribution is -0.142. The van der Waals surface area contributed by atoms with E-state index in [1.165, 1.54) is 43.4 Å². The lowest BCUT2D eigenvalue weighted by Gasteiger charge is -2.15. The van der Waals surface area contributed by atoms with Crippen LogP contribution in [0.4, 0.5) is 0 Å². The molecule has 5 heterocycles. The highest BCUT2D eigenvalue weighted by molar-refractivity contribution is 5.83. The molecule has 1 aliphatic heterocycles. The first-order valence-electron chi connectivity index (χ1n) is 20.1. The molecule has 0 saturated heterocycles. The maximum atomic E-state index is 12.5. The Labute approximate surface area is 334 Å². The predicted octanol–water partition coefficient (Wildman–Crippen LogP) is 5.19. The number of methoxy groups -OCH3 is 2. The standard InChI is InChI=1S/C47H56N4O6/c1-10-30-32(12-3)46-45(36-17-15-14-16-29(36)25-57-28(7)52)47-33(13-4)31(11-2)40(51-47)23-38-27(6)35(19-21-44(54)56-9)42(49-38)24-41-34(18-20-43(53)55-8)26(5)37(48-41)22-39(30)50-46/h14-17,22-24,48-51H,10-13,18-21,25H2,1-9H3. The SMILES string of the molecule is CCc1c2[nH]c(c1CC)C(c1ccccc1COC(C)=O)=c1[nH]c(c(CC)c1CC)=Cc1[nH]c(c(CCC(=O)OC)c1C)C=c1[nH]c(c(C)c1CCC(=O)OC)=C2. The quantitative estimate of drug-likeness (QED) is 0.0942. The van der Waals surface area contributed by atoms with E-state index in [0.29, 0.717) is 12.8 Å². The van der Waals surface area contributed by atoms with Gasteiger partial charge in [-0.25, -0.2) is 0 Å². The van der Waals surface area contributed by atoms with Crippen molar-refractivity contribution in [3.8, 4) is 0 Å². The second-order valence-electron chi connectivity index (χ2n) is 14.7. The average molecular weight is 773 g/mol. The summed E-state index contributed by atoms with van der Waals surface area (Å²) >= 11 is 0. The van der Waals surface area contributed by atoms with Crippen LogP contribution < -0.4 is 21.4 Å². The van der Waals surface area contributed by atoms with Gasteiger partial charge in [-0.05, 0) is 126 Å². The van der Waals surface area contributed by atoms with E-state index in [2.05, 4.69) is 85.8 Å². The summed E-state index contributed by atoms with van der Waals surface area (Å²) in [7, 11) is 2.83. The van der Waals surface area contributed by atoms with Gasteiger partial charge in [-0.3, -0.25) is 14.4 Å². The van der Waals surface area contributed by atoms with Gasteiger partial charge in [0.25, 0.3) is 0 Å². The third kappa shape index (κ3) is 8.08. The summed E-state index contributed by atoms with van der Waals surface area (Å²) < 4.78 is 15.7. The Balaban J connectivity index is 1.82.